The van der Waals surface area contributed by atoms with Crippen molar-refractivity contribution in [2.24, 2.45) is 5.92 Å². The van der Waals surface area contributed by atoms with E-state index in [0.29, 0.717) is 5.92 Å². The van der Waals surface area contributed by atoms with E-state index in [2.05, 4.69) is 0 Å². The Bertz CT molecular complexity index is 279. The van der Waals surface area contributed by atoms with Crippen LogP contribution in [0.25, 0.3) is 0 Å². The Hall–Kier alpha value is -0.120. The fraction of sp³-hybridized carbons (Fsp3) is 1.00. The molecule has 0 radical (unpaired) electrons. The molecule has 1 atom stereocenters. The molecule has 104 valence electrons. The average Bonchev–Trinajstić information content (AvgIpc) is 2.81. The van der Waals surface area contributed by atoms with E-state index in [1.54, 1.807) is 7.11 Å². The first-order valence-corrected chi connectivity index (χ1v) is 7.71. The number of rotatable bonds is 2. The van der Waals surface area contributed by atoms with Gasteiger partial charge < -0.3 is 4.74 Å². The van der Waals surface area contributed by atoms with E-state index in [-0.39, 0.29) is 5.60 Å². The first-order chi connectivity index (χ1) is 8.79. The largest absolute Gasteiger partial charge is 0.350 e. The Kier molecular flexibility index (Phi) is 3.65. The van der Waals surface area contributed by atoms with Crippen molar-refractivity contribution < 1.29 is 14.5 Å². The fourth-order valence-electron chi connectivity index (χ4n) is 4.15. The number of ether oxygens (including phenoxy) is 1. The standard InChI is InChI=1S/C15H26O3/c1-16-15(13-8-4-2-5-9-13)12-14(17-18-15)10-6-3-7-11-14/h13H,2-12H2,1H3. The van der Waals surface area contributed by atoms with Crippen LogP contribution in [0.5, 0.6) is 0 Å². The summed E-state index contributed by atoms with van der Waals surface area (Å²) in [5.74, 6) is 0.0788. The summed E-state index contributed by atoms with van der Waals surface area (Å²) in [7, 11) is 1.79. The second-order valence-corrected chi connectivity index (χ2v) is 6.44. The second-order valence-electron chi connectivity index (χ2n) is 6.44. The van der Waals surface area contributed by atoms with Crippen LogP contribution in [-0.4, -0.2) is 18.5 Å². The molecule has 1 saturated heterocycles. The molecule has 0 aromatic carbocycles. The summed E-state index contributed by atoms with van der Waals surface area (Å²) >= 11 is 0. The zero-order chi connectivity index (χ0) is 12.5. The molecule has 3 fully saturated rings. The monoisotopic (exact) mass is 254 g/mol. The van der Waals surface area contributed by atoms with Crippen molar-refractivity contribution in [3.63, 3.8) is 0 Å². The zero-order valence-corrected chi connectivity index (χ0v) is 11.6. The van der Waals surface area contributed by atoms with Gasteiger partial charge in [-0.25, -0.2) is 9.78 Å². The Balaban J connectivity index is 1.72. The van der Waals surface area contributed by atoms with Crippen molar-refractivity contribution in [2.45, 2.75) is 82.0 Å². The lowest BCUT2D eigenvalue weighted by molar-refractivity contribution is -0.413. The summed E-state index contributed by atoms with van der Waals surface area (Å²) in [5.41, 5.74) is -0.0360. The van der Waals surface area contributed by atoms with Gasteiger partial charge in [-0.05, 0) is 25.7 Å². The lowest BCUT2D eigenvalue weighted by atomic mass is 9.74. The van der Waals surface area contributed by atoms with Gasteiger partial charge in [0, 0.05) is 19.4 Å². The summed E-state index contributed by atoms with van der Waals surface area (Å²) < 4.78 is 5.82. The molecule has 3 nitrogen and oxygen atoms in total. The van der Waals surface area contributed by atoms with E-state index in [1.807, 2.05) is 0 Å². The molecule has 3 heteroatoms. The van der Waals surface area contributed by atoms with Crippen LogP contribution >= 0.6 is 0 Å². The lowest BCUT2D eigenvalue weighted by Crippen LogP contribution is -2.42. The molecule has 1 unspecified atom stereocenters. The Morgan fingerprint density at radius 1 is 0.889 bits per heavy atom. The summed E-state index contributed by atoms with van der Waals surface area (Å²) in [4.78, 5) is 11.6. The van der Waals surface area contributed by atoms with Crippen LogP contribution in [0, 0.1) is 5.92 Å². The summed E-state index contributed by atoms with van der Waals surface area (Å²) in [6, 6.07) is 0. The highest BCUT2D eigenvalue weighted by Gasteiger charge is 2.56. The van der Waals surface area contributed by atoms with Gasteiger partial charge in [-0.2, -0.15) is 0 Å². The highest BCUT2D eigenvalue weighted by molar-refractivity contribution is 4.96. The van der Waals surface area contributed by atoms with E-state index >= 15 is 0 Å². The first-order valence-electron chi connectivity index (χ1n) is 7.71. The van der Waals surface area contributed by atoms with E-state index in [1.165, 1.54) is 51.4 Å². The van der Waals surface area contributed by atoms with Crippen molar-refractivity contribution >= 4 is 0 Å². The molecule has 1 spiro atoms. The molecule has 0 N–H and O–H groups in total. The van der Waals surface area contributed by atoms with E-state index in [4.69, 9.17) is 14.5 Å². The van der Waals surface area contributed by atoms with Gasteiger partial charge in [-0.1, -0.05) is 38.5 Å². The highest BCUT2D eigenvalue weighted by atomic mass is 17.2. The third-order valence-corrected chi connectivity index (χ3v) is 5.27. The molecule has 0 aromatic heterocycles. The van der Waals surface area contributed by atoms with Gasteiger partial charge in [0.1, 0.15) is 5.60 Å². The average molecular weight is 254 g/mol. The molecule has 0 amide bonds. The summed E-state index contributed by atoms with van der Waals surface area (Å²) in [6.07, 6.45) is 13.6. The summed E-state index contributed by atoms with van der Waals surface area (Å²) in [6.45, 7) is 0. The normalized spacial score (nSPS) is 37.2. The van der Waals surface area contributed by atoms with Crippen LogP contribution < -0.4 is 0 Å². The quantitative estimate of drug-likeness (QED) is 0.698. The minimum absolute atomic E-state index is 0.0360. The Morgan fingerprint density at radius 3 is 2.22 bits per heavy atom. The van der Waals surface area contributed by atoms with Crippen LogP contribution in [-0.2, 0) is 14.5 Å². The molecule has 1 aliphatic heterocycles. The summed E-state index contributed by atoms with van der Waals surface area (Å²) in [5, 5.41) is 0. The first kappa shape index (κ1) is 12.9. The molecule has 2 saturated carbocycles. The number of hydrogen-bond acceptors (Lipinski definition) is 3. The van der Waals surface area contributed by atoms with Gasteiger partial charge in [0.15, 0.2) is 0 Å². The minimum atomic E-state index is -0.447. The Morgan fingerprint density at radius 2 is 1.56 bits per heavy atom. The van der Waals surface area contributed by atoms with Crippen LogP contribution in [0.4, 0.5) is 0 Å². The topological polar surface area (TPSA) is 27.7 Å². The van der Waals surface area contributed by atoms with E-state index < -0.39 is 5.79 Å². The van der Waals surface area contributed by atoms with Gasteiger partial charge in [0.25, 0.3) is 0 Å². The van der Waals surface area contributed by atoms with Crippen molar-refractivity contribution in [1.29, 1.82) is 0 Å². The van der Waals surface area contributed by atoms with Gasteiger partial charge >= 0.3 is 0 Å². The SMILES string of the molecule is COC1(C2CCCCC2)CC2(CCCCC2)OO1. The molecule has 2 aliphatic carbocycles. The molecular weight excluding hydrogens is 228 g/mol. The van der Waals surface area contributed by atoms with Gasteiger partial charge in [0.2, 0.25) is 5.79 Å². The Labute approximate surface area is 110 Å². The minimum Gasteiger partial charge on any atom is -0.350 e. The number of methoxy groups -OCH3 is 1. The maximum atomic E-state index is 5.82. The van der Waals surface area contributed by atoms with Crippen LogP contribution in [0.15, 0.2) is 0 Å². The fourth-order valence-corrected chi connectivity index (χ4v) is 4.15. The third-order valence-electron chi connectivity index (χ3n) is 5.27. The molecule has 3 aliphatic rings. The van der Waals surface area contributed by atoms with Crippen molar-refractivity contribution in [1.82, 2.24) is 0 Å². The van der Waals surface area contributed by atoms with E-state index in [9.17, 15) is 0 Å². The molecule has 0 bridgehead atoms. The smallest absolute Gasteiger partial charge is 0.207 e. The van der Waals surface area contributed by atoms with Crippen LogP contribution in [0.3, 0.4) is 0 Å². The zero-order valence-electron chi connectivity index (χ0n) is 11.6. The lowest BCUT2D eigenvalue weighted by Gasteiger charge is -2.36. The van der Waals surface area contributed by atoms with Crippen LogP contribution in [0.1, 0.15) is 70.6 Å². The van der Waals surface area contributed by atoms with Crippen molar-refractivity contribution in [2.75, 3.05) is 7.11 Å². The number of hydrogen-bond donors (Lipinski definition) is 0. The van der Waals surface area contributed by atoms with Gasteiger partial charge in [-0.15, -0.1) is 0 Å². The predicted octanol–water partition coefficient (Wildman–Crippen LogP) is 3.96. The molecular formula is C15H26O3. The second kappa shape index (κ2) is 5.10. The highest BCUT2D eigenvalue weighted by Crippen LogP contribution is 2.50. The maximum Gasteiger partial charge on any atom is 0.207 e. The predicted molar refractivity (Wildman–Crippen MR) is 68.9 cm³/mol. The van der Waals surface area contributed by atoms with E-state index in [0.717, 1.165) is 19.3 Å². The maximum absolute atomic E-state index is 5.82. The third kappa shape index (κ3) is 2.21. The molecule has 0 aromatic rings. The van der Waals surface area contributed by atoms with Crippen LogP contribution in [0.2, 0.25) is 0 Å². The van der Waals surface area contributed by atoms with Crippen molar-refractivity contribution in [3.8, 4) is 0 Å². The molecule has 1 heterocycles. The molecule has 18 heavy (non-hydrogen) atoms. The molecule has 3 rings (SSSR count). The van der Waals surface area contributed by atoms with Crippen molar-refractivity contribution in [3.05, 3.63) is 0 Å². The van der Waals surface area contributed by atoms with Gasteiger partial charge in [0.05, 0.1) is 0 Å². The van der Waals surface area contributed by atoms with Gasteiger partial charge in [-0.3, -0.25) is 0 Å².